The standard InChI is InChI=1S/C15H19ClN4O/c16-14-8-12(9-17)10-18-15(14)20-3-1-2-13(20)11-19-4-6-21-7-5-19/h8,10,13H,1-7,11H2/t13-/m1/s1. The minimum atomic E-state index is 0.445. The lowest BCUT2D eigenvalue weighted by Gasteiger charge is -2.33. The maximum atomic E-state index is 8.91. The van der Waals surface area contributed by atoms with Gasteiger partial charge in [0.05, 0.1) is 23.8 Å². The smallest absolute Gasteiger partial charge is 0.147 e. The van der Waals surface area contributed by atoms with Crippen LogP contribution < -0.4 is 4.90 Å². The molecule has 6 heteroatoms. The molecular formula is C15H19ClN4O. The fourth-order valence-electron chi connectivity index (χ4n) is 3.09. The Bertz CT molecular complexity index is 539. The Kier molecular flexibility index (Phi) is 4.59. The monoisotopic (exact) mass is 306 g/mol. The van der Waals surface area contributed by atoms with E-state index in [0.29, 0.717) is 16.6 Å². The first-order chi connectivity index (χ1) is 10.3. The van der Waals surface area contributed by atoms with Gasteiger partial charge in [0.25, 0.3) is 0 Å². The van der Waals surface area contributed by atoms with Gasteiger partial charge in [0.2, 0.25) is 0 Å². The highest BCUT2D eigenvalue weighted by Crippen LogP contribution is 2.30. The molecule has 0 saturated carbocycles. The van der Waals surface area contributed by atoms with Crippen LogP contribution in [0.1, 0.15) is 18.4 Å². The molecule has 1 aromatic rings. The van der Waals surface area contributed by atoms with Gasteiger partial charge in [-0.1, -0.05) is 11.6 Å². The van der Waals surface area contributed by atoms with E-state index in [0.717, 1.165) is 58.1 Å². The van der Waals surface area contributed by atoms with Crippen molar-refractivity contribution in [2.45, 2.75) is 18.9 Å². The lowest BCUT2D eigenvalue weighted by molar-refractivity contribution is 0.0354. The second-order valence-corrected chi connectivity index (χ2v) is 5.95. The normalized spacial score (nSPS) is 23.2. The van der Waals surface area contributed by atoms with Gasteiger partial charge in [-0.15, -0.1) is 0 Å². The maximum Gasteiger partial charge on any atom is 0.147 e. The Labute approximate surface area is 130 Å². The second-order valence-electron chi connectivity index (χ2n) is 5.54. The van der Waals surface area contributed by atoms with E-state index in [9.17, 15) is 0 Å². The number of halogens is 1. The molecule has 2 aliphatic rings. The van der Waals surface area contributed by atoms with E-state index >= 15 is 0 Å². The van der Waals surface area contributed by atoms with Crippen LogP contribution in [0.2, 0.25) is 5.02 Å². The summed E-state index contributed by atoms with van der Waals surface area (Å²) in [6.45, 7) is 5.65. The largest absolute Gasteiger partial charge is 0.379 e. The molecule has 112 valence electrons. The number of ether oxygens (including phenoxy) is 1. The molecule has 2 fully saturated rings. The fraction of sp³-hybridized carbons (Fsp3) is 0.600. The van der Waals surface area contributed by atoms with E-state index in [1.54, 1.807) is 12.3 Å². The number of pyridine rings is 1. The van der Waals surface area contributed by atoms with Crippen molar-refractivity contribution >= 4 is 17.4 Å². The molecule has 0 aromatic carbocycles. The average Bonchev–Trinajstić information content (AvgIpc) is 2.96. The highest BCUT2D eigenvalue weighted by Gasteiger charge is 2.29. The molecule has 0 radical (unpaired) electrons. The number of hydrogen-bond donors (Lipinski definition) is 0. The Morgan fingerprint density at radius 2 is 2.19 bits per heavy atom. The van der Waals surface area contributed by atoms with Gasteiger partial charge in [-0.25, -0.2) is 4.98 Å². The summed E-state index contributed by atoms with van der Waals surface area (Å²) < 4.78 is 5.40. The lowest BCUT2D eigenvalue weighted by atomic mass is 10.2. The number of anilines is 1. The molecule has 3 rings (SSSR count). The van der Waals surface area contributed by atoms with Crippen molar-refractivity contribution in [3.8, 4) is 6.07 Å². The molecule has 2 saturated heterocycles. The quantitative estimate of drug-likeness (QED) is 0.854. The summed E-state index contributed by atoms with van der Waals surface area (Å²) in [6, 6.07) is 4.22. The molecule has 0 aliphatic carbocycles. The van der Waals surface area contributed by atoms with Gasteiger partial charge in [0.1, 0.15) is 11.9 Å². The molecule has 0 unspecified atom stereocenters. The minimum absolute atomic E-state index is 0.445. The number of nitrogens with zero attached hydrogens (tertiary/aromatic N) is 4. The molecular weight excluding hydrogens is 288 g/mol. The number of rotatable bonds is 3. The van der Waals surface area contributed by atoms with Crippen molar-refractivity contribution < 1.29 is 4.74 Å². The van der Waals surface area contributed by atoms with E-state index in [4.69, 9.17) is 21.6 Å². The molecule has 3 heterocycles. The van der Waals surface area contributed by atoms with Gasteiger partial charge in [-0.2, -0.15) is 5.26 Å². The predicted molar refractivity (Wildman–Crippen MR) is 81.6 cm³/mol. The summed E-state index contributed by atoms with van der Waals surface area (Å²) in [5.41, 5.74) is 0.507. The molecule has 1 aromatic heterocycles. The highest BCUT2D eigenvalue weighted by atomic mass is 35.5. The van der Waals surface area contributed by atoms with Crippen molar-refractivity contribution in [3.63, 3.8) is 0 Å². The van der Waals surface area contributed by atoms with Crippen LogP contribution in [0, 0.1) is 11.3 Å². The topological polar surface area (TPSA) is 52.4 Å². The zero-order chi connectivity index (χ0) is 14.7. The molecule has 1 atom stereocenters. The maximum absolute atomic E-state index is 8.91. The van der Waals surface area contributed by atoms with Crippen LogP contribution in [0.5, 0.6) is 0 Å². The Morgan fingerprint density at radius 3 is 2.90 bits per heavy atom. The van der Waals surface area contributed by atoms with E-state index in [-0.39, 0.29) is 0 Å². The van der Waals surface area contributed by atoms with Crippen LogP contribution in [0.25, 0.3) is 0 Å². The molecule has 0 bridgehead atoms. The third-order valence-corrected chi connectivity index (χ3v) is 4.45. The highest BCUT2D eigenvalue weighted by molar-refractivity contribution is 6.33. The van der Waals surface area contributed by atoms with Crippen LogP contribution in [0.15, 0.2) is 12.3 Å². The lowest BCUT2D eigenvalue weighted by Crippen LogP contribution is -2.45. The molecule has 2 aliphatic heterocycles. The summed E-state index contributed by atoms with van der Waals surface area (Å²) in [7, 11) is 0. The van der Waals surface area contributed by atoms with Crippen molar-refractivity contribution in [1.82, 2.24) is 9.88 Å². The summed E-state index contributed by atoms with van der Waals surface area (Å²) >= 11 is 6.31. The Hall–Kier alpha value is -1.35. The molecule has 21 heavy (non-hydrogen) atoms. The second kappa shape index (κ2) is 6.61. The first-order valence-electron chi connectivity index (χ1n) is 7.40. The molecule has 0 spiro atoms. The van der Waals surface area contributed by atoms with Crippen molar-refractivity contribution in [2.24, 2.45) is 0 Å². The zero-order valence-corrected chi connectivity index (χ0v) is 12.7. The van der Waals surface area contributed by atoms with Gasteiger partial charge in [0.15, 0.2) is 0 Å². The van der Waals surface area contributed by atoms with Crippen molar-refractivity contribution in [2.75, 3.05) is 44.3 Å². The summed E-state index contributed by atoms with van der Waals surface area (Å²) in [5, 5.41) is 9.48. The van der Waals surface area contributed by atoms with E-state index < -0.39 is 0 Å². The van der Waals surface area contributed by atoms with Crippen LogP contribution in [0.4, 0.5) is 5.82 Å². The number of morpholine rings is 1. The number of nitriles is 1. The summed E-state index contributed by atoms with van der Waals surface area (Å²) in [6.07, 6.45) is 3.92. The van der Waals surface area contributed by atoms with Gasteiger partial charge < -0.3 is 9.64 Å². The number of aromatic nitrogens is 1. The van der Waals surface area contributed by atoms with Crippen LogP contribution in [0.3, 0.4) is 0 Å². The van der Waals surface area contributed by atoms with Crippen LogP contribution in [-0.4, -0.2) is 55.3 Å². The predicted octanol–water partition coefficient (Wildman–Crippen LogP) is 1.91. The van der Waals surface area contributed by atoms with Crippen LogP contribution in [-0.2, 0) is 4.74 Å². The third-order valence-electron chi connectivity index (χ3n) is 4.17. The Balaban J connectivity index is 1.72. The fourth-order valence-corrected chi connectivity index (χ4v) is 3.36. The average molecular weight is 307 g/mol. The first-order valence-corrected chi connectivity index (χ1v) is 7.78. The van der Waals surface area contributed by atoms with E-state index in [2.05, 4.69) is 20.9 Å². The van der Waals surface area contributed by atoms with E-state index in [1.165, 1.54) is 0 Å². The Morgan fingerprint density at radius 1 is 1.38 bits per heavy atom. The summed E-state index contributed by atoms with van der Waals surface area (Å²) in [5.74, 6) is 0.812. The van der Waals surface area contributed by atoms with Crippen molar-refractivity contribution in [1.29, 1.82) is 5.26 Å². The van der Waals surface area contributed by atoms with Gasteiger partial charge >= 0.3 is 0 Å². The van der Waals surface area contributed by atoms with Crippen molar-refractivity contribution in [3.05, 3.63) is 22.8 Å². The molecule has 0 N–H and O–H groups in total. The zero-order valence-electron chi connectivity index (χ0n) is 12.0. The van der Waals surface area contributed by atoms with Gasteiger partial charge in [-0.3, -0.25) is 4.90 Å². The first kappa shape index (κ1) is 14.6. The van der Waals surface area contributed by atoms with Crippen LogP contribution >= 0.6 is 11.6 Å². The third kappa shape index (κ3) is 3.29. The molecule has 5 nitrogen and oxygen atoms in total. The molecule has 0 amide bonds. The summed E-state index contributed by atoms with van der Waals surface area (Å²) in [4.78, 5) is 9.14. The SMILES string of the molecule is N#Cc1cnc(N2CCC[C@@H]2CN2CCOCC2)c(Cl)c1. The van der Waals surface area contributed by atoms with Gasteiger partial charge in [0, 0.05) is 38.4 Å². The number of hydrogen-bond acceptors (Lipinski definition) is 5. The van der Waals surface area contributed by atoms with Gasteiger partial charge in [-0.05, 0) is 18.9 Å². The minimum Gasteiger partial charge on any atom is -0.379 e. The van der Waals surface area contributed by atoms with E-state index in [1.807, 2.05) is 0 Å².